The Balaban J connectivity index is 3.16. The first-order valence-corrected chi connectivity index (χ1v) is 8.89. The lowest BCUT2D eigenvalue weighted by Gasteiger charge is -2.20. The molecule has 0 N–H and O–H groups in total. The molecule has 0 aliphatic rings. The molecule has 1 aromatic carbocycles. The Morgan fingerprint density at radius 1 is 0.889 bits per heavy atom. The van der Waals surface area contributed by atoms with Gasteiger partial charge in [0.25, 0.3) is 0 Å². The Labute approximate surface area is 115 Å². The third-order valence-electron chi connectivity index (χ3n) is 3.66. The van der Waals surface area contributed by atoms with E-state index in [1.165, 1.54) is 24.0 Å². The fraction of sp³-hybridized carbons (Fsp3) is 0.647. The van der Waals surface area contributed by atoms with Gasteiger partial charge in [0.1, 0.15) is 0 Å². The lowest BCUT2D eigenvalue weighted by atomic mass is 9.91. The summed E-state index contributed by atoms with van der Waals surface area (Å²) < 4.78 is 0. The molecule has 0 bridgehead atoms. The van der Waals surface area contributed by atoms with Crippen molar-refractivity contribution in [1.29, 1.82) is 0 Å². The van der Waals surface area contributed by atoms with Crippen molar-refractivity contribution in [1.82, 2.24) is 0 Å². The summed E-state index contributed by atoms with van der Waals surface area (Å²) >= 11 is 0. The SMILES string of the molecule is CCCC(PC)c1cc(C(C)C)cc(C(C)C)c1. The molecule has 0 radical (unpaired) electrons. The minimum atomic E-state index is 0.630. The van der Waals surface area contributed by atoms with E-state index in [1.54, 1.807) is 5.56 Å². The highest BCUT2D eigenvalue weighted by Crippen LogP contribution is 2.38. The summed E-state index contributed by atoms with van der Waals surface area (Å²) in [6, 6.07) is 7.31. The van der Waals surface area contributed by atoms with Crippen LogP contribution in [0.1, 0.15) is 81.6 Å². The van der Waals surface area contributed by atoms with Crippen LogP contribution in [0, 0.1) is 0 Å². The van der Waals surface area contributed by atoms with Gasteiger partial charge in [-0.1, -0.05) is 59.2 Å². The normalized spacial score (nSPS) is 14.0. The zero-order valence-corrected chi connectivity index (χ0v) is 13.9. The summed E-state index contributed by atoms with van der Waals surface area (Å²) in [4.78, 5) is 0. The monoisotopic (exact) mass is 264 g/mol. The van der Waals surface area contributed by atoms with Gasteiger partial charge < -0.3 is 0 Å². The molecule has 0 aliphatic heterocycles. The van der Waals surface area contributed by atoms with Gasteiger partial charge in [-0.05, 0) is 41.6 Å². The van der Waals surface area contributed by atoms with Gasteiger partial charge in [0.05, 0.1) is 0 Å². The summed E-state index contributed by atoms with van der Waals surface area (Å²) in [5.41, 5.74) is 5.37. The van der Waals surface area contributed by atoms with Crippen molar-refractivity contribution in [3.05, 3.63) is 34.9 Å². The summed E-state index contributed by atoms with van der Waals surface area (Å²) in [6.45, 7) is 13.8. The van der Waals surface area contributed by atoms with E-state index in [-0.39, 0.29) is 0 Å². The van der Waals surface area contributed by atoms with Gasteiger partial charge in [-0.2, -0.15) is 0 Å². The van der Waals surface area contributed by atoms with Gasteiger partial charge >= 0.3 is 0 Å². The molecule has 0 nitrogen and oxygen atoms in total. The van der Waals surface area contributed by atoms with Crippen LogP contribution in [-0.4, -0.2) is 6.66 Å². The van der Waals surface area contributed by atoms with E-state index in [0.717, 1.165) is 14.2 Å². The van der Waals surface area contributed by atoms with Crippen LogP contribution >= 0.6 is 8.58 Å². The number of rotatable bonds is 6. The Morgan fingerprint density at radius 3 is 1.67 bits per heavy atom. The molecule has 1 heteroatoms. The van der Waals surface area contributed by atoms with Crippen molar-refractivity contribution in [3.63, 3.8) is 0 Å². The standard InChI is InChI=1S/C17H29P/c1-7-8-17(18-6)16-10-14(12(2)3)9-15(11-16)13(4)5/h9-13,17-18H,7-8H2,1-6H3. The molecule has 0 saturated carbocycles. The van der Waals surface area contributed by atoms with Crippen molar-refractivity contribution >= 4 is 8.58 Å². The summed E-state index contributed by atoms with van der Waals surface area (Å²) in [5, 5.41) is 0. The Hall–Kier alpha value is -0.350. The van der Waals surface area contributed by atoms with Crippen LogP contribution < -0.4 is 0 Å². The van der Waals surface area contributed by atoms with Crippen LogP contribution in [0.15, 0.2) is 18.2 Å². The summed E-state index contributed by atoms with van der Waals surface area (Å²) in [7, 11) is 1.01. The molecule has 1 rings (SSSR count). The molecule has 1 aromatic rings. The predicted octanol–water partition coefficient (Wildman–Crippen LogP) is 6.08. The zero-order valence-electron chi connectivity index (χ0n) is 12.9. The minimum Gasteiger partial charge on any atom is -0.118 e. The van der Waals surface area contributed by atoms with Gasteiger partial charge in [-0.3, -0.25) is 0 Å². The van der Waals surface area contributed by atoms with Crippen molar-refractivity contribution in [2.45, 2.75) is 65.0 Å². The Kier molecular flexibility index (Phi) is 6.36. The maximum absolute atomic E-state index is 2.45. The highest BCUT2D eigenvalue weighted by molar-refractivity contribution is 7.37. The summed E-state index contributed by atoms with van der Waals surface area (Å²) in [5.74, 6) is 1.26. The van der Waals surface area contributed by atoms with Gasteiger partial charge in [0.2, 0.25) is 0 Å². The second-order valence-corrected chi connectivity index (χ2v) is 7.15. The van der Waals surface area contributed by atoms with E-state index in [1.807, 2.05) is 0 Å². The second-order valence-electron chi connectivity index (χ2n) is 5.87. The molecule has 0 aromatic heterocycles. The molecule has 0 saturated heterocycles. The maximum Gasteiger partial charge on any atom is 0.00116 e. The summed E-state index contributed by atoms with van der Waals surface area (Å²) in [6.07, 6.45) is 2.61. The first kappa shape index (κ1) is 15.7. The van der Waals surface area contributed by atoms with Gasteiger partial charge in [-0.15, -0.1) is 8.58 Å². The average Bonchev–Trinajstić information content (AvgIpc) is 2.35. The third-order valence-corrected chi connectivity index (χ3v) is 4.98. The van der Waals surface area contributed by atoms with E-state index < -0.39 is 0 Å². The number of hydrogen-bond donors (Lipinski definition) is 0. The van der Waals surface area contributed by atoms with Gasteiger partial charge in [0.15, 0.2) is 0 Å². The Bertz CT molecular complexity index is 340. The first-order chi connectivity index (χ1) is 8.49. The van der Waals surface area contributed by atoms with Gasteiger partial charge in [-0.25, -0.2) is 0 Å². The number of hydrogen-bond acceptors (Lipinski definition) is 0. The quantitative estimate of drug-likeness (QED) is 0.546. The fourth-order valence-electron chi connectivity index (χ4n) is 2.34. The largest absolute Gasteiger partial charge is 0.118 e. The minimum absolute atomic E-state index is 0.630. The zero-order chi connectivity index (χ0) is 13.7. The van der Waals surface area contributed by atoms with Crippen molar-refractivity contribution < 1.29 is 0 Å². The average molecular weight is 264 g/mol. The van der Waals surface area contributed by atoms with E-state index in [2.05, 4.69) is 59.5 Å². The molecule has 0 fully saturated rings. The smallest absolute Gasteiger partial charge is 0.00116 e. The van der Waals surface area contributed by atoms with Crippen LogP contribution in [-0.2, 0) is 0 Å². The molecule has 2 unspecified atom stereocenters. The van der Waals surface area contributed by atoms with Crippen LogP contribution in [0.5, 0.6) is 0 Å². The topological polar surface area (TPSA) is 0 Å². The fourth-order valence-corrected chi connectivity index (χ4v) is 3.41. The van der Waals surface area contributed by atoms with Crippen LogP contribution in [0.4, 0.5) is 0 Å². The van der Waals surface area contributed by atoms with Crippen LogP contribution in [0.25, 0.3) is 0 Å². The van der Waals surface area contributed by atoms with Crippen molar-refractivity contribution in [2.75, 3.05) is 6.66 Å². The molecule has 2 atom stereocenters. The molecule has 0 spiro atoms. The molecular formula is C17H29P. The van der Waals surface area contributed by atoms with Crippen molar-refractivity contribution in [3.8, 4) is 0 Å². The van der Waals surface area contributed by atoms with E-state index in [0.29, 0.717) is 11.8 Å². The lowest BCUT2D eigenvalue weighted by Crippen LogP contribution is -1.99. The highest BCUT2D eigenvalue weighted by Gasteiger charge is 2.13. The van der Waals surface area contributed by atoms with E-state index >= 15 is 0 Å². The molecule has 0 heterocycles. The predicted molar refractivity (Wildman–Crippen MR) is 86.5 cm³/mol. The molecule has 0 amide bonds. The van der Waals surface area contributed by atoms with Crippen molar-refractivity contribution in [2.24, 2.45) is 0 Å². The first-order valence-electron chi connectivity index (χ1n) is 7.31. The van der Waals surface area contributed by atoms with E-state index in [9.17, 15) is 0 Å². The van der Waals surface area contributed by atoms with Crippen LogP contribution in [0.2, 0.25) is 0 Å². The maximum atomic E-state index is 2.45. The molecule has 102 valence electrons. The van der Waals surface area contributed by atoms with Gasteiger partial charge in [0, 0.05) is 5.66 Å². The third kappa shape index (κ3) is 4.09. The van der Waals surface area contributed by atoms with E-state index in [4.69, 9.17) is 0 Å². The number of benzene rings is 1. The second kappa shape index (κ2) is 7.29. The molecule has 18 heavy (non-hydrogen) atoms. The molecular weight excluding hydrogens is 235 g/mol. The Morgan fingerprint density at radius 2 is 1.33 bits per heavy atom. The van der Waals surface area contributed by atoms with Crippen LogP contribution in [0.3, 0.4) is 0 Å². The lowest BCUT2D eigenvalue weighted by molar-refractivity contribution is 0.763. The molecule has 0 aliphatic carbocycles. The highest BCUT2D eigenvalue weighted by atomic mass is 31.1.